The standard InChI is InChI=1S/C12H20N2O3/c1-4-17-7(5-13)6-14-10(15)8-9(11(14)16)12(8,2)3/h7-9H,4-6,13H2,1-3H3. The van der Waals surface area contributed by atoms with E-state index in [0.717, 1.165) is 0 Å². The third-order valence-corrected chi connectivity index (χ3v) is 3.94. The summed E-state index contributed by atoms with van der Waals surface area (Å²) in [6.07, 6.45) is -0.242. The predicted octanol–water partition coefficient (Wildman–Crippen LogP) is -0.00880. The van der Waals surface area contributed by atoms with Crippen molar-refractivity contribution in [2.24, 2.45) is 23.0 Å². The van der Waals surface area contributed by atoms with Crippen LogP contribution in [0.4, 0.5) is 0 Å². The maximum absolute atomic E-state index is 12.0. The van der Waals surface area contributed by atoms with Crippen molar-refractivity contribution >= 4 is 11.8 Å². The Balaban J connectivity index is 2.01. The Morgan fingerprint density at radius 2 is 1.88 bits per heavy atom. The minimum absolute atomic E-state index is 0.0526. The number of piperidine rings is 1. The topological polar surface area (TPSA) is 72.6 Å². The Morgan fingerprint density at radius 3 is 2.29 bits per heavy atom. The molecule has 0 spiro atoms. The van der Waals surface area contributed by atoms with Crippen LogP contribution in [0, 0.1) is 17.3 Å². The van der Waals surface area contributed by atoms with Gasteiger partial charge in [-0.2, -0.15) is 0 Å². The number of hydrogen-bond acceptors (Lipinski definition) is 4. The lowest BCUT2D eigenvalue weighted by molar-refractivity contribution is -0.145. The first-order chi connectivity index (χ1) is 7.95. The molecule has 0 aromatic rings. The Morgan fingerprint density at radius 1 is 1.35 bits per heavy atom. The predicted molar refractivity (Wildman–Crippen MR) is 61.9 cm³/mol. The maximum Gasteiger partial charge on any atom is 0.233 e. The largest absolute Gasteiger partial charge is 0.375 e. The van der Waals surface area contributed by atoms with Gasteiger partial charge in [0, 0.05) is 13.2 Å². The highest BCUT2D eigenvalue weighted by Crippen LogP contribution is 2.63. The summed E-state index contributed by atoms with van der Waals surface area (Å²) in [6, 6.07) is 0. The smallest absolute Gasteiger partial charge is 0.233 e. The van der Waals surface area contributed by atoms with Gasteiger partial charge < -0.3 is 10.5 Å². The van der Waals surface area contributed by atoms with Crippen LogP contribution in [0.25, 0.3) is 0 Å². The summed E-state index contributed by atoms with van der Waals surface area (Å²) in [6.45, 7) is 6.97. The molecular formula is C12H20N2O3. The van der Waals surface area contributed by atoms with Gasteiger partial charge in [0.1, 0.15) is 0 Å². The summed E-state index contributed by atoms with van der Waals surface area (Å²) in [5.41, 5.74) is 5.41. The van der Waals surface area contributed by atoms with E-state index >= 15 is 0 Å². The van der Waals surface area contributed by atoms with Gasteiger partial charge in [0.2, 0.25) is 11.8 Å². The Labute approximate surface area is 101 Å². The number of imide groups is 1. The summed E-state index contributed by atoms with van der Waals surface area (Å²) in [5, 5.41) is 0. The van der Waals surface area contributed by atoms with Gasteiger partial charge in [0.05, 0.1) is 24.5 Å². The SMILES string of the molecule is CCOC(CN)CN1C(=O)C2C(C1=O)C2(C)C. The molecule has 1 saturated carbocycles. The van der Waals surface area contributed by atoms with Gasteiger partial charge in [-0.3, -0.25) is 14.5 Å². The average molecular weight is 240 g/mol. The zero-order valence-corrected chi connectivity index (χ0v) is 10.6. The molecule has 1 saturated heterocycles. The number of likely N-dealkylation sites (tertiary alicyclic amines) is 1. The minimum Gasteiger partial charge on any atom is -0.375 e. The highest BCUT2D eigenvalue weighted by atomic mass is 16.5. The van der Waals surface area contributed by atoms with Crippen LogP contribution in [0.3, 0.4) is 0 Å². The molecule has 5 nitrogen and oxygen atoms in total. The average Bonchev–Trinajstić information content (AvgIpc) is 2.74. The molecule has 2 N–H and O–H groups in total. The Bertz CT molecular complexity index is 330. The van der Waals surface area contributed by atoms with Crippen molar-refractivity contribution in [1.82, 2.24) is 4.90 Å². The van der Waals surface area contributed by atoms with Gasteiger partial charge in [-0.25, -0.2) is 0 Å². The quantitative estimate of drug-likeness (QED) is 0.686. The molecule has 5 heteroatoms. The van der Waals surface area contributed by atoms with Gasteiger partial charge in [-0.05, 0) is 12.3 Å². The second kappa shape index (κ2) is 4.07. The zero-order valence-electron chi connectivity index (χ0n) is 10.6. The second-order valence-corrected chi connectivity index (χ2v) is 5.38. The van der Waals surface area contributed by atoms with Crippen molar-refractivity contribution in [1.29, 1.82) is 0 Å². The molecule has 3 atom stereocenters. The van der Waals surface area contributed by atoms with E-state index in [-0.39, 0.29) is 35.2 Å². The van der Waals surface area contributed by atoms with Crippen LogP contribution in [0.15, 0.2) is 0 Å². The summed E-state index contributed by atoms with van der Waals surface area (Å²) in [5.74, 6) is -0.337. The van der Waals surface area contributed by atoms with E-state index in [1.807, 2.05) is 20.8 Å². The fourth-order valence-electron chi connectivity index (χ4n) is 2.82. The first kappa shape index (κ1) is 12.5. The van der Waals surface area contributed by atoms with E-state index in [2.05, 4.69) is 0 Å². The molecular weight excluding hydrogens is 220 g/mol. The molecule has 2 fully saturated rings. The van der Waals surface area contributed by atoms with Crippen LogP contribution in [0.1, 0.15) is 20.8 Å². The number of nitrogens with two attached hydrogens (primary N) is 1. The summed E-state index contributed by atoms with van der Waals surface area (Å²) in [7, 11) is 0. The van der Waals surface area contributed by atoms with Gasteiger partial charge in [0.15, 0.2) is 0 Å². The maximum atomic E-state index is 12.0. The lowest BCUT2D eigenvalue weighted by Gasteiger charge is -2.24. The molecule has 0 aromatic carbocycles. The van der Waals surface area contributed by atoms with Gasteiger partial charge >= 0.3 is 0 Å². The molecule has 96 valence electrons. The molecule has 17 heavy (non-hydrogen) atoms. The molecule has 2 amide bonds. The summed E-state index contributed by atoms with van der Waals surface area (Å²) < 4.78 is 5.38. The number of nitrogens with zero attached hydrogens (tertiary/aromatic N) is 1. The van der Waals surface area contributed by atoms with E-state index in [1.54, 1.807) is 0 Å². The number of amides is 2. The molecule has 1 heterocycles. The van der Waals surface area contributed by atoms with Crippen molar-refractivity contribution in [2.75, 3.05) is 19.7 Å². The fraction of sp³-hybridized carbons (Fsp3) is 0.833. The Hall–Kier alpha value is -0.940. The number of hydrogen-bond donors (Lipinski definition) is 1. The number of rotatable bonds is 5. The van der Waals surface area contributed by atoms with Crippen LogP contribution in [-0.4, -0.2) is 42.5 Å². The first-order valence-electron chi connectivity index (χ1n) is 6.12. The van der Waals surface area contributed by atoms with Crippen molar-refractivity contribution < 1.29 is 14.3 Å². The molecule has 0 aromatic heterocycles. The molecule has 1 aliphatic heterocycles. The monoisotopic (exact) mass is 240 g/mol. The van der Waals surface area contributed by atoms with Crippen molar-refractivity contribution in [2.45, 2.75) is 26.9 Å². The highest BCUT2D eigenvalue weighted by Gasteiger charge is 2.72. The molecule has 1 aliphatic carbocycles. The van der Waals surface area contributed by atoms with Crippen LogP contribution in [-0.2, 0) is 14.3 Å². The molecule has 2 aliphatic rings. The first-order valence-corrected chi connectivity index (χ1v) is 6.12. The summed E-state index contributed by atoms with van der Waals surface area (Å²) >= 11 is 0. The third kappa shape index (κ3) is 1.77. The van der Waals surface area contributed by atoms with E-state index < -0.39 is 0 Å². The number of ether oxygens (including phenoxy) is 1. The third-order valence-electron chi connectivity index (χ3n) is 3.94. The van der Waals surface area contributed by atoms with E-state index in [0.29, 0.717) is 19.7 Å². The number of carbonyl (C=O) groups is 2. The van der Waals surface area contributed by atoms with Crippen molar-refractivity contribution in [3.63, 3.8) is 0 Å². The van der Waals surface area contributed by atoms with E-state index in [1.165, 1.54) is 4.90 Å². The van der Waals surface area contributed by atoms with Gasteiger partial charge in [0.25, 0.3) is 0 Å². The minimum atomic E-state index is -0.242. The van der Waals surface area contributed by atoms with Gasteiger partial charge in [-0.15, -0.1) is 0 Å². The van der Waals surface area contributed by atoms with Crippen LogP contribution in [0.2, 0.25) is 0 Å². The van der Waals surface area contributed by atoms with Crippen molar-refractivity contribution in [3.8, 4) is 0 Å². The normalized spacial score (nSPS) is 31.6. The van der Waals surface area contributed by atoms with Crippen LogP contribution < -0.4 is 5.73 Å². The van der Waals surface area contributed by atoms with Crippen LogP contribution >= 0.6 is 0 Å². The van der Waals surface area contributed by atoms with E-state index in [9.17, 15) is 9.59 Å². The molecule has 3 unspecified atom stereocenters. The molecule has 2 rings (SSSR count). The number of fused-ring (bicyclic) bond motifs is 1. The highest BCUT2D eigenvalue weighted by molar-refractivity contribution is 6.10. The lowest BCUT2D eigenvalue weighted by atomic mass is 10.1. The lowest BCUT2D eigenvalue weighted by Crippen LogP contribution is -2.44. The van der Waals surface area contributed by atoms with Crippen molar-refractivity contribution in [3.05, 3.63) is 0 Å². The molecule has 0 radical (unpaired) electrons. The summed E-state index contributed by atoms with van der Waals surface area (Å²) in [4.78, 5) is 25.4. The van der Waals surface area contributed by atoms with Crippen LogP contribution in [0.5, 0.6) is 0 Å². The van der Waals surface area contributed by atoms with Gasteiger partial charge in [-0.1, -0.05) is 13.8 Å². The number of carbonyl (C=O) groups excluding carboxylic acids is 2. The Kier molecular flexibility index (Phi) is 2.99. The second-order valence-electron chi connectivity index (χ2n) is 5.38. The zero-order chi connectivity index (χ0) is 12.8. The molecule has 0 bridgehead atoms. The van der Waals surface area contributed by atoms with E-state index in [4.69, 9.17) is 10.5 Å². The fourth-order valence-corrected chi connectivity index (χ4v) is 2.82.